The van der Waals surface area contributed by atoms with E-state index in [1.807, 2.05) is 24.3 Å². The van der Waals surface area contributed by atoms with E-state index in [-0.39, 0.29) is 5.91 Å². The van der Waals surface area contributed by atoms with Crippen LogP contribution in [0.1, 0.15) is 16.1 Å². The number of rotatable bonds is 6. The van der Waals surface area contributed by atoms with Crippen LogP contribution in [0.25, 0.3) is 10.7 Å². The number of amides is 1. The highest BCUT2D eigenvalue weighted by Gasteiger charge is 2.12. The first kappa shape index (κ1) is 16.1. The largest absolute Gasteiger partial charge is 0.497 e. The predicted molar refractivity (Wildman–Crippen MR) is 92.2 cm³/mol. The topological polar surface area (TPSA) is 77.0 Å². The van der Waals surface area contributed by atoms with Gasteiger partial charge < -0.3 is 10.1 Å². The molecular weight excluding hydrogens is 324 g/mol. The van der Waals surface area contributed by atoms with Gasteiger partial charge in [-0.2, -0.15) is 0 Å². The summed E-state index contributed by atoms with van der Waals surface area (Å²) >= 11 is 1.38. The number of methoxy groups -OCH3 is 1. The van der Waals surface area contributed by atoms with Crippen molar-refractivity contribution in [3.63, 3.8) is 0 Å². The van der Waals surface area contributed by atoms with Gasteiger partial charge in [0.25, 0.3) is 5.91 Å². The summed E-state index contributed by atoms with van der Waals surface area (Å²) in [5, 5.41) is 5.29. The number of ether oxygens (including phenoxy) is 1. The molecule has 6 nitrogen and oxygen atoms in total. The van der Waals surface area contributed by atoms with Gasteiger partial charge in [0.1, 0.15) is 22.1 Å². The number of hydrogen-bond donors (Lipinski definition) is 1. The van der Waals surface area contributed by atoms with E-state index in [2.05, 4.69) is 20.3 Å². The van der Waals surface area contributed by atoms with Crippen molar-refractivity contribution in [2.75, 3.05) is 13.7 Å². The highest BCUT2D eigenvalue weighted by molar-refractivity contribution is 7.13. The second-order valence-electron chi connectivity index (χ2n) is 4.98. The van der Waals surface area contributed by atoms with Crippen molar-refractivity contribution in [1.82, 2.24) is 20.3 Å². The lowest BCUT2D eigenvalue weighted by Gasteiger charge is -2.05. The summed E-state index contributed by atoms with van der Waals surface area (Å²) in [6.07, 6.45) is 5.58. The van der Waals surface area contributed by atoms with Crippen LogP contribution in [0.2, 0.25) is 0 Å². The first-order valence-electron chi connectivity index (χ1n) is 7.39. The molecule has 0 radical (unpaired) electrons. The molecule has 0 bridgehead atoms. The van der Waals surface area contributed by atoms with Gasteiger partial charge in [0.05, 0.1) is 13.3 Å². The van der Waals surface area contributed by atoms with Crippen LogP contribution in [0.3, 0.4) is 0 Å². The SMILES string of the molecule is COc1ccc(CCNC(=O)c2csc(-c3cnccn3)n2)cc1. The Kier molecular flexibility index (Phi) is 5.12. The van der Waals surface area contributed by atoms with Gasteiger partial charge in [-0.25, -0.2) is 4.98 Å². The van der Waals surface area contributed by atoms with Gasteiger partial charge >= 0.3 is 0 Å². The van der Waals surface area contributed by atoms with E-state index < -0.39 is 0 Å². The van der Waals surface area contributed by atoms with Crippen LogP contribution < -0.4 is 10.1 Å². The van der Waals surface area contributed by atoms with E-state index in [9.17, 15) is 4.79 Å². The molecule has 1 aromatic carbocycles. The molecule has 0 aliphatic rings. The van der Waals surface area contributed by atoms with Crippen molar-refractivity contribution in [3.05, 3.63) is 59.5 Å². The summed E-state index contributed by atoms with van der Waals surface area (Å²) in [7, 11) is 1.64. The van der Waals surface area contributed by atoms with Crippen LogP contribution in [0.5, 0.6) is 5.75 Å². The molecule has 2 heterocycles. The summed E-state index contributed by atoms with van der Waals surface area (Å²) in [5.41, 5.74) is 2.20. The number of benzene rings is 1. The van der Waals surface area contributed by atoms with Crippen LogP contribution >= 0.6 is 11.3 Å². The van der Waals surface area contributed by atoms with E-state index in [4.69, 9.17) is 4.74 Å². The molecule has 7 heteroatoms. The van der Waals surface area contributed by atoms with Gasteiger partial charge in [-0.3, -0.25) is 14.8 Å². The zero-order chi connectivity index (χ0) is 16.8. The molecule has 2 aromatic heterocycles. The third-order valence-corrected chi connectivity index (χ3v) is 4.24. The maximum atomic E-state index is 12.2. The molecule has 0 atom stereocenters. The van der Waals surface area contributed by atoms with Gasteiger partial charge in [0.15, 0.2) is 0 Å². The lowest BCUT2D eigenvalue weighted by molar-refractivity contribution is 0.0950. The minimum Gasteiger partial charge on any atom is -0.497 e. The van der Waals surface area contributed by atoms with E-state index in [1.54, 1.807) is 31.1 Å². The number of aromatic nitrogens is 3. The summed E-state index contributed by atoms with van der Waals surface area (Å²) in [4.78, 5) is 24.7. The Bertz CT molecular complexity index is 803. The minimum absolute atomic E-state index is 0.185. The van der Waals surface area contributed by atoms with E-state index in [1.165, 1.54) is 11.3 Å². The molecule has 0 saturated carbocycles. The second kappa shape index (κ2) is 7.65. The number of carbonyl (C=O) groups is 1. The predicted octanol–water partition coefficient (Wildman–Crippen LogP) is 2.58. The van der Waals surface area contributed by atoms with Crippen LogP contribution in [0.4, 0.5) is 0 Å². The molecule has 0 spiro atoms. The maximum Gasteiger partial charge on any atom is 0.270 e. The number of thiazole rings is 1. The monoisotopic (exact) mass is 340 g/mol. The zero-order valence-corrected chi connectivity index (χ0v) is 13.9. The highest BCUT2D eigenvalue weighted by Crippen LogP contribution is 2.20. The second-order valence-corrected chi connectivity index (χ2v) is 5.84. The highest BCUT2D eigenvalue weighted by atomic mass is 32.1. The fourth-order valence-corrected chi connectivity index (χ4v) is 2.87. The van der Waals surface area contributed by atoms with Gasteiger partial charge in [-0.05, 0) is 24.1 Å². The fourth-order valence-electron chi connectivity index (χ4n) is 2.11. The quantitative estimate of drug-likeness (QED) is 0.746. The van der Waals surface area contributed by atoms with Gasteiger partial charge in [-0.15, -0.1) is 11.3 Å². The molecule has 0 fully saturated rings. The Morgan fingerprint density at radius 1 is 1.25 bits per heavy atom. The summed E-state index contributed by atoms with van der Waals surface area (Å²) in [6.45, 7) is 0.545. The van der Waals surface area contributed by atoms with Crippen LogP contribution in [0, 0.1) is 0 Å². The average molecular weight is 340 g/mol. The van der Waals surface area contributed by atoms with Gasteiger partial charge in [-0.1, -0.05) is 12.1 Å². The first-order valence-corrected chi connectivity index (χ1v) is 8.27. The Morgan fingerprint density at radius 3 is 2.79 bits per heavy atom. The standard InChI is InChI=1S/C17H16N4O2S/c1-23-13-4-2-12(3-5-13)6-7-20-16(22)15-11-24-17(21-15)14-10-18-8-9-19-14/h2-5,8-11H,6-7H2,1H3,(H,20,22). The van der Waals surface area contributed by atoms with Crippen molar-refractivity contribution < 1.29 is 9.53 Å². The molecule has 0 aliphatic heterocycles. The molecule has 0 saturated heterocycles. The van der Waals surface area contributed by atoms with Crippen molar-refractivity contribution in [2.45, 2.75) is 6.42 Å². The van der Waals surface area contributed by atoms with Crippen molar-refractivity contribution in [2.24, 2.45) is 0 Å². The molecular formula is C17H16N4O2S. The van der Waals surface area contributed by atoms with Gasteiger partial charge in [0, 0.05) is 24.3 Å². The molecule has 3 aromatic rings. The maximum absolute atomic E-state index is 12.2. The molecule has 0 aliphatic carbocycles. The molecule has 3 rings (SSSR count). The third kappa shape index (κ3) is 3.94. The number of carbonyl (C=O) groups excluding carboxylic acids is 1. The molecule has 122 valence electrons. The van der Waals surface area contributed by atoms with E-state index in [0.29, 0.717) is 22.9 Å². The Hall–Kier alpha value is -2.80. The van der Waals surface area contributed by atoms with Crippen LogP contribution in [-0.2, 0) is 6.42 Å². The molecule has 1 amide bonds. The van der Waals surface area contributed by atoms with Crippen LogP contribution in [0.15, 0.2) is 48.2 Å². The summed E-state index contributed by atoms with van der Waals surface area (Å²) in [6, 6.07) is 7.79. The van der Waals surface area contributed by atoms with E-state index >= 15 is 0 Å². The first-order chi connectivity index (χ1) is 11.8. The number of nitrogens with zero attached hydrogens (tertiary/aromatic N) is 3. The van der Waals surface area contributed by atoms with Gasteiger partial charge in [0.2, 0.25) is 0 Å². The Morgan fingerprint density at radius 2 is 2.08 bits per heavy atom. The summed E-state index contributed by atoms with van der Waals surface area (Å²) < 4.78 is 5.12. The number of nitrogens with one attached hydrogen (secondary N) is 1. The van der Waals surface area contributed by atoms with Crippen LogP contribution in [-0.4, -0.2) is 34.5 Å². The molecule has 1 N–H and O–H groups in total. The third-order valence-electron chi connectivity index (χ3n) is 3.38. The van der Waals surface area contributed by atoms with E-state index in [0.717, 1.165) is 17.7 Å². The average Bonchev–Trinajstić information content (AvgIpc) is 3.13. The lowest BCUT2D eigenvalue weighted by Crippen LogP contribution is -2.25. The molecule has 0 unspecified atom stereocenters. The zero-order valence-electron chi connectivity index (χ0n) is 13.1. The lowest BCUT2D eigenvalue weighted by atomic mass is 10.1. The minimum atomic E-state index is -0.185. The number of hydrogen-bond acceptors (Lipinski definition) is 6. The molecule has 24 heavy (non-hydrogen) atoms. The van der Waals surface area contributed by atoms with Crippen molar-refractivity contribution in [3.8, 4) is 16.5 Å². The fraction of sp³-hybridized carbons (Fsp3) is 0.176. The van der Waals surface area contributed by atoms with Crippen molar-refractivity contribution in [1.29, 1.82) is 0 Å². The normalized spacial score (nSPS) is 10.4. The Balaban J connectivity index is 1.54. The summed E-state index contributed by atoms with van der Waals surface area (Å²) in [5.74, 6) is 0.636. The smallest absolute Gasteiger partial charge is 0.270 e. The Labute approximate surface area is 143 Å². The van der Waals surface area contributed by atoms with Crippen molar-refractivity contribution >= 4 is 17.2 Å².